The largest absolute Gasteiger partial charge is 0.464 e. The molecule has 0 fully saturated rings. The highest BCUT2D eigenvalue weighted by molar-refractivity contribution is 7.51. The Morgan fingerprint density at radius 1 is 1.07 bits per heavy atom. The van der Waals surface area contributed by atoms with E-state index in [1.165, 1.54) is 9.57 Å². The third-order valence-electron chi connectivity index (χ3n) is 8.65. The maximum Gasteiger partial charge on any atom is 0.464 e. The Hall–Kier alpha value is -3.86. The van der Waals surface area contributed by atoms with E-state index >= 15 is 0 Å². The highest BCUT2D eigenvalue weighted by Crippen LogP contribution is 2.59. The molecule has 1 aromatic carbocycles. The van der Waals surface area contributed by atoms with Crippen molar-refractivity contribution >= 4 is 36.5 Å². The van der Waals surface area contributed by atoms with E-state index in [1.807, 2.05) is 58.0 Å². The summed E-state index contributed by atoms with van der Waals surface area (Å²) in [6, 6.07) is 10.9. The van der Waals surface area contributed by atoms with Crippen LogP contribution in [0.25, 0.3) is 22.3 Å². The third-order valence-corrected chi connectivity index (χ3v) is 10.9. The SMILES string of the molecule is CCN(CC)P(=O)(OC(=O)CC(=O)N(C(C)C)C(C)C)O[C@]1(CC)C(=O)OCc2c1cc1n(c2=O)Cc2cc3ccccc3nc2-1. The Morgan fingerprint density at radius 2 is 1.74 bits per heavy atom. The van der Waals surface area contributed by atoms with E-state index in [2.05, 4.69) is 0 Å². The van der Waals surface area contributed by atoms with Gasteiger partial charge in [0, 0.05) is 41.7 Å². The molecule has 0 saturated heterocycles. The van der Waals surface area contributed by atoms with Gasteiger partial charge in [-0.05, 0) is 52.3 Å². The van der Waals surface area contributed by atoms with Crippen molar-refractivity contribution in [1.29, 1.82) is 0 Å². The van der Waals surface area contributed by atoms with E-state index in [-0.39, 0.29) is 61.4 Å². The normalized spacial score (nSPS) is 18.3. The maximum atomic E-state index is 14.7. The summed E-state index contributed by atoms with van der Waals surface area (Å²) in [7, 11) is -4.61. The van der Waals surface area contributed by atoms with Crippen molar-refractivity contribution in [3.05, 3.63) is 63.4 Å². The van der Waals surface area contributed by atoms with Crippen molar-refractivity contribution in [3.63, 3.8) is 0 Å². The zero-order valence-corrected chi connectivity index (χ0v) is 28.3. The van der Waals surface area contributed by atoms with Crippen LogP contribution in [-0.2, 0) is 51.5 Å². The predicted octanol–water partition coefficient (Wildman–Crippen LogP) is 5.13. The molecule has 0 saturated carbocycles. The Bertz CT molecular complexity index is 1810. The summed E-state index contributed by atoms with van der Waals surface area (Å²) >= 11 is 0. The van der Waals surface area contributed by atoms with Crippen LogP contribution in [0.4, 0.5) is 0 Å². The molecule has 246 valence electrons. The lowest BCUT2D eigenvalue weighted by Crippen LogP contribution is -2.47. The second-order valence-electron chi connectivity index (χ2n) is 12.1. The average molecular weight is 653 g/mol. The lowest BCUT2D eigenvalue weighted by molar-refractivity contribution is -0.171. The van der Waals surface area contributed by atoms with Crippen molar-refractivity contribution < 1.29 is 32.7 Å². The van der Waals surface area contributed by atoms with Crippen molar-refractivity contribution in [2.45, 2.75) is 92.1 Å². The molecule has 3 aromatic rings. The molecule has 0 spiro atoms. The van der Waals surface area contributed by atoms with Gasteiger partial charge in [0.05, 0.1) is 29.0 Å². The lowest BCUT2D eigenvalue weighted by atomic mass is 9.86. The molecule has 13 heteroatoms. The van der Waals surface area contributed by atoms with Crippen LogP contribution in [-0.4, -0.2) is 62.1 Å². The standard InChI is InChI=1S/C33H41N4O8P/c1-8-33(45-46(42,35(9-2)10-3)44-29(39)17-28(38)37(20(4)5)21(6)7)25-16-27-30-23(15-22-13-11-12-14-26(22)34-30)18-36(27)31(40)24(25)19-43-32(33)41/h11-16,20-21H,8-10,17-19H2,1-7H3/t33-,46?/m0/s1. The molecule has 2 aliphatic heterocycles. The van der Waals surface area contributed by atoms with Gasteiger partial charge in [0.1, 0.15) is 13.0 Å². The fraction of sp³-hybridized carbons (Fsp3) is 0.485. The first-order chi connectivity index (χ1) is 21.8. The Balaban J connectivity index is 1.59. The van der Waals surface area contributed by atoms with Crippen molar-refractivity contribution in [2.75, 3.05) is 13.1 Å². The number of aromatic nitrogens is 2. The molecule has 4 heterocycles. The van der Waals surface area contributed by atoms with Crippen molar-refractivity contribution in [2.24, 2.45) is 0 Å². The molecule has 0 N–H and O–H groups in total. The number of hydrogen-bond acceptors (Lipinski definition) is 9. The minimum absolute atomic E-state index is 0.0874. The van der Waals surface area contributed by atoms with Gasteiger partial charge in [-0.1, -0.05) is 39.0 Å². The summed E-state index contributed by atoms with van der Waals surface area (Å²) in [4.78, 5) is 60.3. The number of nitrogens with zero attached hydrogens (tertiary/aromatic N) is 4. The lowest BCUT2D eigenvalue weighted by Gasteiger charge is -2.39. The van der Waals surface area contributed by atoms with Crippen LogP contribution in [0.15, 0.2) is 41.2 Å². The number of rotatable bonds is 11. The summed E-state index contributed by atoms with van der Waals surface area (Å²) < 4.78 is 34.9. The molecule has 1 unspecified atom stereocenters. The summed E-state index contributed by atoms with van der Waals surface area (Å²) in [6.45, 7) is 12.6. The second kappa shape index (κ2) is 12.7. The van der Waals surface area contributed by atoms with E-state index in [9.17, 15) is 23.7 Å². The number of hydrogen-bond donors (Lipinski definition) is 0. The van der Waals surface area contributed by atoms with E-state index in [1.54, 1.807) is 31.4 Å². The minimum atomic E-state index is -4.61. The van der Waals surface area contributed by atoms with E-state index in [0.717, 1.165) is 16.5 Å². The van der Waals surface area contributed by atoms with Gasteiger partial charge in [0.2, 0.25) is 11.5 Å². The number of ether oxygens (including phenoxy) is 1. The maximum absolute atomic E-state index is 14.7. The molecule has 0 aliphatic carbocycles. The number of cyclic esters (lactones) is 1. The van der Waals surface area contributed by atoms with E-state index in [0.29, 0.717) is 11.4 Å². The molecular weight excluding hydrogens is 611 g/mol. The quantitative estimate of drug-likeness (QED) is 0.122. The zero-order valence-electron chi connectivity index (χ0n) is 27.4. The van der Waals surface area contributed by atoms with Crippen LogP contribution in [0, 0.1) is 0 Å². The van der Waals surface area contributed by atoms with Gasteiger partial charge in [-0.2, -0.15) is 4.67 Å². The minimum Gasteiger partial charge on any atom is -0.458 e. The van der Waals surface area contributed by atoms with Gasteiger partial charge in [-0.25, -0.2) is 14.3 Å². The van der Waals surface area contributed by atoms with Crippen LogP contribution in [0.1, 0.15) is 78.0 Å². The highest BCUT2D eigenvalue weighted by atomic mass is 31.2. The number of para-hydroxylation sites is 1. The van der Waals surface area contributed by atoms with Crippen LogP contribution >= 0.6 is 7.75 Å². The fourth-order valence-corrected chi connectivity index (χ4v) is 8.49. The van der Waals surface area contributed by atoms with Gasteiger partial charge in [0.15, 0.2) is 0 Å². The molecule has 2 aliphatic rings. The molecule has 2 aromatic heterocycles. The number of amides is 1. The zero-order chi connectivity index (χ0) is 33.6. The second-order valence-corrected chi connectivity index (χ2v) is 14.0. The molecular formula is C33H41N4O8P. The molecule has 2 atom stereocenters. The number of fused-ring (bicyclic) bond motifs is 5. The van der Waals surface area contributed by atoms with Gasteiger partial charge in [0.25, 0.3) is 5.56 Å². The molecule has 12 nitrogen and oxygen atoms in total. The first-order valence-electron chi connectivity index (χ1n) is 15.7. The Morgan fingerprint density at radius 3 is 2.37 bits per heavy atom. The number of carbonyl (C=O) groups excluding carboxylic acids is 3. The third kappa shape index (κ3) is 5.67. The highest BCUT2D eigenvalue weighted by Gasteiger charge is 2.55. The van der Waals surface area contributed by atoms with Gasteiger partial charge < -0.3 is 18.7 Å². The molecule has 0 bridgehead atoms. The van der Waals surface area contributed by atoms with Gasteiger partial charge >= 0.3 is 19.7 Å². The summed E-state index contributed by atoms with van der Waals surface area (Å²) in [5.41, 5.74) is 0.617. The van der Waals surface area contributed by atoms with Crippen molar-refractivity contribution in [1.82, 2.24) is 19.1 Å². The first kappa shape index (κ1) is 33.5. The topological polar surface area (TPSA) is 137 Å². The van der Waals surface area contributed by atoms with Gasteiger partial charge in [-0.15, -0.1) is 0 Å². The van der Waals surface area contributed by atoms with Crippen LogP contribution in [0.3, 0.4) is 0 Å². The monoisotopic (exact) mass is 652 g/mol. The number of benzene rings is 1. The van der Waals surface area contributed by atoms with Crippen molar-refractivity contribution in [3.8, 4) is 11.4 Å². The Kier molecular flexibility index (Phi) is 9.28. The van der Waals surface area contributed by atoms with Gasteiger partial charge in [-0.3, -0.25) is 18.9 Å². The average Bonchev–Trinajstić information content (AvgIpc) is 3.35. The van der Waals surface area contributed by atoms with Crippen LogP contribution in [0.5, 0.6) is 0 Å². The summed E-state index contributed by atoms with van der Waals surface area (Å²) in [5, 5.41) is 0.932. The summed E-state index contributed by atoms with van der Waals surface area (Å²) in [5.74, 6) is -2.40. The number of pyridine rings is 2. The molecule has 46 heavy (non-hydrogen) atoms. The predicted molar refractivity (Wildman–Crippen MR) is 172 cm³/mol. The van der Waals surface area contributed by atoms with E-state index in [4.69, 9.17) is 18.8 Å². The molecule has 1 amide bonds. The number of carbonyl (C=O) groups is 3. The smallest absolute Gasteiger partial charge is 0.458 e. The summed E-state index contributed by atoms with van der Waals surface area (Å²) in [6.07, 6.45) is -0.758. The number of esters is 1. The fourth-order valence-electron chi connectivity index (χ4n) is 6.51. The molecule has 5 rings (SSSR count). The first-order valence-corrected chi connectivity index (χ1v) is 17.2. The van der Waals surface area contributed by atoms with Crippen LogP contribution in [0.2, 0.25) is 0 Å². The van der Waals surface area contributed by atoms with E-state index < -0.39 is 37.6 Å². The Labute approximate surface area is 268 Å². The van der Waals surface area contributed by atoms with Crippen LogP contribution < -0.4 is 5.56 Å². The molecule has 0 radical (unpaired) electrons.